The van der Waals surface area contributed by atoms with Gasteiger partial charge in [0.25, 0.3) is 0 Å². The van der Waals surface area contributed by atoms with Crippen molar-refractivity contribution in [3.63, 3.8) is 0 Å². The summed E-state index contributed by atoms with van der Waals surface area (Å²) < 4.78 is 0. The molecule has 4 nitrogen and oxygen atoms in total. The second-order valence-electron chi connectivity index (χ2n) is 5.35. The summed E-state index contributed by atoms with van der Waals surface area (Å²) in [6.07, 6.45) is 7.16. The van der Waals surface area contributed by atoms with E-state index in [1.807, 2.05) is 18.4 Å². The van der Waals surface area contributed by atoms with Crippen molar-refractivity contribution in [3.05, 3.63) is 23.8 Å². The number of nitrogens with one attached hydrogen (secondary N) is 1. The molecule has 0 spiro atoms. The Morgan fingerprint density at radius 1 is 1.43 bits per heavy atom. The van der Waals surface area contributed by atoms with Crippen LogP contribution in [-0.4, -0.2) is 23.4 Å². The van der Waals surface area contributed by atoms with Gasteiger partial charge in [0.1, 0.15) is 12.1 Å². The first kappa shape index (κ1) is 15.7. The van der Waals surface area contributed by atoms with E-state index in [0.717, 1.165) is 30.6 Å². The number of aliphatic carboxylic acids is 1. The van der Waals surface area contributed by atoms with Gasteiger partial charge >= 0.3 is 5.97 Å². The Balaban J connectivity index is 2.25. The third kappa shape index (κ3) is 3.70. The van der Waals surface area contributed by atoms with E-state index in [9.17, 15) is 15.2 Å². The Kier molecular flexibility index (Phi) is 5.51. The van der Waals surface area contributed by atoms with E-state index >= 15 is 0 Å². The molecule has 2 rings (SSSR count). The summed E-state index contributed by atoms with van der Waals surface area (Å²) in [5, 5.41) is 22.0. The molecule has 1 aliphatic rings. The van der Waals surface area contributed by atoms with Crippen LogP contribution in [0.25, 0.3) is 0 Å². The number of hydrogen-bond donors (Lipinski definition) is 2. The van der Waals surface area contributed by atoms with Gasteiger partial charge in [-0.1, -0.05) is 25.3 Å². The molecule has 1 aromatic rings. The molecule has 21 heavy (non-hydrogen) atoms. The third-order valence-electron chi connectivity index (χ3n) is 4.06. The van der Waals surface area contributed by atoms with Crippen LogP contribution in [0.2, 0.25) is 0 Å². The summed E-state index contributed by atoms with van der Waals surface area (Å²) in [6, 6.07) is 7.09. The molecule has 1 unspecified atom stereocenters. The zero-order valence-corrected chi connectivity index (χ0v) is 12.9. The number of carboxylic acid groups (broad SMARTS) is 1. The summed E-state index contributed by atoms with van der Waals surface area (Å²) in [4.78, 5) is 12.5. The van der Waals surface area contributed by atoms with E-state index in [4.69, 9.17) is 0 Å². The number of anilines is 1. The van der Waals surface area contributed by atoms with Crippen molar-refractivity contribution in [2.24, 2.45) is 5.92 Å². The molecule has 0 heterocycles. The molecule has 1 saturated carbocycles. The number of carboxylic acids is 1. The maximum atomic E-state index is 11.6. The van der Waals surface area contributed by atoms with Crippen LogP contribution in [-0.2, 0) is 4.79 Å². The molecule has 1 aromatic carbocycles. The van der Waals surface area contributed by atoms with Crippen LogP contribution in [0.3, 0.4) is 0 Å². The molecule has 0 aliphatic heterocycles. The zero-order valence-electron chi connectivity index (χ0n) is 12.1. The van der Waals surface area contributed by atoms with E-state index in [1.165, 1.54) is 18.2 Å². The molecule has 2 N–H and O–H groups in total. The molecule has 112 valence electrons. The van der Waals surface area contributed by atoms with Gasteiger partial charge in [-0.2, -0.15) is 5.26 Å². The predicted molar refractivity (Wildman–Crippen MR) is 84.6 cm³/mol. The molecule has 1 aliphatic carbocycles. The van der Waals surface area contributed by atoms with E-state index in [0.29, 0.717) is 11.3 Å². The number of carbonyl (C=O) groups is 1. The fourth-order valence-corrected chi connectivity index (χ4v) is 3.53. The normalized spacial score (nSPS) is 17.0. The molecule has 1 fully saturated rings. The van der Waals surface area contributed by atoms with Crippen molar-refractivity contribution in [2.75, 3.05) is 11.6 Å². The van der Waals surface area contributed by atoms with Gasteiger partial charge in [-0.15, -0.1) is 11.8 Å². The van der Waals surface area contributed by atoms with E-state index in [-0.39, 0.29) is 5.92 Å². The van der Waals surface area contributed by atoms with Gasteiger partial charge in [-0.05, 0) is 37.1 Å². The van der Waals surface area contributed by atoms with Gasteiger partial charge in [0.05, 0.1) is 11.3 Å². The Labute approximate surface area is 129 Å². The van der Waals surface area contributed by atoms with Crippen molar-refractivity contribution in [3.8, 4) is 6.07 Å². The number of rotatable bonds is 5. The lowest BCUT2D eigenvalue weighted by Gasteiger charge is -2.29. The van der Waals surface area contributed by atoms with Crippen LogP contribution in [0.5, 0.6) is 0 Å². The highest BCUT2D eigenvalue weighted by atomic mass is 32.2. The van der Waals surface area contributed by atoms with Crippen molar-refractivity contribution in [1.29, 1.82) is 5.26 Å². The van der Waals surface area contributed by atoms with Crippen LogP contribution < -0.4 is 5.32 Å². The monoisotopic (exact) mass is 304 g/mol. The second kappa shape index (κ2) is 7.37. The summed E-state index contributed by atoms with van der Waals surface area (Å²) in [5.41, 5.74) is 1.16. The standard InChI is InChI=1S/C16H20N2O2S/c1-21-14-9-5-8-13(12(14)10-17)18-15(16(19)20)11-6-3-2-4-7-11/h5,8-9,11,15,18H,2-4,6-7H2,1H3,(H,19,20). The lowest BCUT2D eigenvalue weighted by molar-refractivity contribution is -0.139. The average Bonchev–Trinajstić information content (AvgIpc) is 2.52. The highest BCUT2D eigenvalue weighted by molar-refractivity contribution is 7.98. The number of thioether (sulfide) groups is 1. The Morgan fingerprint density at radius 3 is 2.71 bits per heavy atom. The molecule has 1 atom stereocenters. The van der Waals surface area contributed by atoms with Crippen molar-refractivity contribution in [2.45, 2.75) is 43.0 Å². The van der Waals surface area contributed by atoms with E-state index in [2.05, 4.69) is 11.4 Å². The minimum atomic E-state index is -0.833. The first-order valence-electron chi connectivity index (χ1n) is 7.23. The Morgan fingerprint density at radius 2 is 2.14 bits per heavy atom. The summed E-state index contributed by atoms with van der Waals surface area (Å²) in [7, 11) is 0. The largest absolute Gasteiger partial charge is 0.480 e. The molecule has 5 heteroatoms. The first-order valence-corrected chi connectivity index (χ1v) is 8.46. The summed E-state index contributed by atoms with van der Waals surface area (Å²) in [6.45, 7) is 0. The number of benzene rings is 1. The molecule has 0 bridgehead atoms. The van der Waals surface area contributed by atoms with Crippen LogP contribution in [0, 0.1) is 17.2 Å². The predicted octanol–water partition coefficient (Wildman–Crippen LogP) is 3.73. The lowest BCUT2D eigenvalue weighted by Crippen LogP contribution is -2.38. The summed E-state index contributed by atoms with van der Waals surface area (Å²) in [5.74, 6) is -0.693. The zero-order chi connectivity index (χ0) is 15.2. The Hall–Kier alpha value is -1.67. The van der Waals surface area contributed by atoms with Crippen molar-refractivity contribution in [1.82, 2.24) is 0 Å². The topological polar surface area (TPSA) is 73.1 Å². The van der Waals surface area contributed by atoms with Crippen LogP contribution >= 0.6 is 11.8 Å². The maximum absolute atomic E-state index is 11.6. The highest BCUT2D eigenvalue weighted by Crippen LogP contribution is 2.31. The molecule has 0 radical (unpaired) electrons. The molecule has 0 amide bonds. The van der Waals surface area contributed by atoms with Gasteiger partial charge < -0.3 is 10.4 Å². The maximum Gasteiger partial charge on any atom is 0.326 e. The van der Waals surface area contributed by atoms with Gasteiger partial charge in [-0.25, -0.2) is 4.79 Å². The number of nitriles is 1. The van der Waals surface area contributed by atoms with Gasteiger partial charge in [0.2, 0.25) is 0 Å². The molecular weight excluding hydrogens is 284 g/mol. The molecule has 0 saturated heterocycles. The van der Waals surface area contributed by atoms with Crippen molar-refractivity contribution < 1.29 is 9.90 Å². The lowest BCUT2D eigenvalue weighted by atomic mass is 9.83. The molecule has 0 aromatic heterocycles. The van der Waals surface area contributed by atoms with Crippen LogP contribution in [0.4, 0.5) is 5.69 Å². The summed E-state index contributed by atoms with van der Waals surface area (Å²) >= 11 is 1.50. The van der Waals surface area contributed by atoms with E-state index < -0.39 is 12.0 Å². The minimum absolute atomic E-state index is 0.140. The number of hydrogen-bond acceptors (Lipinski definition) is 4. The van der Waals surface area contributed by atoms with Gasteiger partial charge in [-0.3, -0.25) is 0 Å². The Bertz CT molecular complexity index is 548. The third-order valence-corrected chi connectivity index (χ3v) is 4.84. The second-order valence-corrected chi connectivity index (χ2v) is 6.20. The van der Waals surface area contributed by atoms with E-state index in [1.54, 1.807) is 6.07 Å². The van der Waals surface area contributed by atoms with Crippen molar-refractivity contribution >= 4 is 23.4 Å². The van der Waals surface area contributed by atoms with Gasteiger partial charge in [0.15, 0.2) is 0 Å². The molecular formula is C16H20N2O2S. The van der Waals surface area contributed by atoms with Crippen LogP contribution in [0.15, 0.2) is 23.1 Å². The first-order chi connectivity index (χ1) is 10.2. The fraction of sp³-hybridized carbons (Fsp3) is 0.500. The van der Waals surface area contributed by atoms with Gasteiger partial charge in [0, 0.05) is 4.90 Å². The fourth-order valence-electron chi connectivity index (χ4n) is 2.95. The quantitative estimate of drug-likeness (QED) is 0.811. The number of nitrogens with zero attached hydrogens (tertiary/aromatic N) is 1. The average molecular weight is 304 g/mol. The highest BCUT2D eigenvalue weighted by Gasteiger charge is 2.30. The SMILES string of the molecule is CSc1cccc(NC(C(=O)O)C2CCCCC2)c1C#N. The van der Waals surface area contributed by atoms with Crippen LogP contribution in [0.1, 0.15) is 37.7 Å². The smallest absolute Gasteiger partial charge is 0.326 e. The minimum Gasteiger partial charge on any atom is -0.480 e.